The number of thioether (sulfide) groups is 2. The Morgan fingerprint density at radius 1 is 1.29 bits per heavy atom. The minimum atomic E-state index is 0.376. The summed E-state index contributed by atoms with van der Waals surface area (Å²) < 4.78 is 5.49. The van der Waals surface area contributed by atoms with Gasteiger partial charge in [0.05, 0.1) is 5.25 Å². The van der Waals surface area contributed by atoms with E-state index in [1.54, 1.807) is 0 Å². The fourth-order valence-electron chi connectivity index (χ4n) is 2.73. The van der Waals surface area contributed by atoms with Crippen LogP contribution in [0.3, 0.4) is 0 Å². The molecule has 1 aromatic carbocycles. The van der Waals surface area contributed by atoms with Gasteiger partial charge in [-0.3, -0.25) is 0 Å². The molecule has 1 unspecified atom stereocenters. The molecule has 4 nitrogen and oxygen atoms in total. The van der Waals surface area contributed by atoms with E-state index in [1.807, 2.05) is 23.5 Å². The molecule has 1 N–H and O–H groups in total. The second-order valence-electron chi connectivity index (χ2n) is 5.29. The molecule has 1 atom stereocenters. The van der Waals surface area contributed by atoms with Crippen molar-refractivity contribution in [3.8, 4) is 11.5 Å². The molecule has 1 aromatic heterocycles. The van der Waals surface area contributed by atoms with Crippen molar-refractivity contribution in [1.82, 2.24) is 10.1 Å². The zero-order valence-corrected chi connectivity index (χ0v) is 13.3. The fraction of sp³-hybridized carbons (Fsp3) is 0.467. The Morgan fingerprint density at radius 2 is 2.29 bits per heavy atom. The van der Waals surface area contributed by atoms with Crippen LogP contribution >= 0.6 is 23.5 Å². The van der Waals surface area contributed by atoms with Crippen molar-refractivity contribution in [1.29, 1.82) is 0 Å². The standard InChI is InChI=1S/C15H17N3OS2/c1-2-10-8-11(3-4-12(10)16-5-1)15-17-14(18-19-15)13-9-20-6-7-21-13/h3-4,8,13,16H,1-2,5-7,9H2. The van der Waals surface area contributed by atoms with E-state index in [-0.39, 0.29) is 0 Å². The van der Waals surface area contributed by atoms with E-state index < -0.39 is 0 Å². The van der Waals surface area contributed by atoms with Gasteiger partial charge in [0.15, 0.2) is 5.82 Å². The number of nitrogens with one attached hydrogen (secondary N) is 1. The lowest BCUT2D eigenvalue weighted by Crippen LogP contribution is -2.11. The zero-order valence-electron chi connectivity index (χ0n) is 11.7. The molecule has 6 heteroatoms. The number of benzene rings is 1. The summed E-state index contributed by atoms with van der Waals surface area (Å²) in [4.78, 5) is 4.62. The smallest absolute Gasteiger partial charge is 0.257 e. The van der Waals surface area contributed by atoms with E-state index in [0.717, 1.165) is 30.1 Å². The van der Waals surface area contributed by atoms with E-state index >= 15 is 0 Å². The van der Waals surface area contributed by atoms with Crippen LogP contribution in [0.25, 0.3) is 11.5 Å². The number of aryl methyl sites for hydroxylation is 1. The van der Waals surface area contributed by atoms with Gasteiger partial charge in [-0.05, 0) is 36.6 Å². The van der Waals surface area contributed by atoms with E-state index in [0.29, 0.717) is 11.1 Å². The van der Waals surface area contributed by atoms with Gasteiger partial charge in [-0.2, -0.15) is 16.7 Å². The molecule has 0 radical (unpaired) electrons. The van der Waals surface area contributed by atoms with Gasteiger partial charge in [-0.1, -0.05) is 5.16 Å². The minimum Gasteiger partial charge on any atom is -0.385 e. The van der Waals surface area contributed by atoms with Gasteiger partial charge in [0.2, 0.25) is 0 Å². The Morgan fingerprint density at radius 3 is 3.19 bits per heavy atom. The highest BCUT2D eigenvalue weighted by molar-refractivity contribution is 8.06. The molecule has 0 bridgehead atoms. The summed E-state index contributed by atoms with van der Waals surface area (Å²) in [5.74, 6) is 4.97. The van der Waals surface area contributed by atoms with Crippen LogP contribution in [0, 0.1) is 0 Å². The lowest BCUT2D eigenvalue weighted by Gasteiger charge is -2.18. The van der Waals surface area contributed by atoms with Gasteiger partial charge in [0.1, 0.15) is 0 Å². The predicted molar refractivity (Wildman–Crippen MR) is 89.1 cm³/mol. The molecular formula is C15H17N3OS2. The third-order valence-electron chi connectivity index (χ3n) is 3.84. The minimum absolute atomic E-state index is 0.376. The fourth-order valence-corrected chi connectivity index (χ4v) is 5.32. The van der Waals surface area contributed by atoms with E-state index in [2.05, 4.69) is 33.7 Å². The van der Waals surface area contributed by atoms with Crippen LogP contribution in [-0.2, 0) is 6.42 Å². The van der Waals surface area contributed by atoms with Crippen LogP contribution in [0.15, 0.2) is 22.7 Å². The van der Waals surface area contributed by atoms with Gasteiger partial charge in [-0.15, -0.1) is 11.8 Å². The lowest BCUT2D eigenvalue weighted by atomic mass is 10.0. The maximum absolute atomic E-state index is 5.49. The molecule has 2 aromatic rings. The molecule has 1 fully saturated rings. The number of nitrogens with zero attached hydrogens (tertiary/aromatic N) is 2. The number of hydrogen-bond acceptors (Lipinski definition) is 6. The Labute approximate surface area is 132 Å². The van der Waals surface area contributed by atoms with Crippen molar-refractivity contribution in [2.75, 3.05) is 29.1 Å². The van der Waals surface area contributed by atoms with Gasteiger partial charge in [0, 0.05) is 35.1 Å². The van der Waals surface area contributed by atoms with Crippen molar-refractivity contribution in [3.63, 3.8) is 0 Å². The van der Waals surface area contributed by atoms with Crippen molar-refractivity contribution in [3.05, 3.63) is 29.6 Å². The molecule has 2 aliphatic rings. The number of rotatable bonds is 2. The van der Waals surface area contributed by atoms with Crippen LogP contribution < -0.4 is 5.32 Å². The molecule has 0 spiro atoms. The zero-order chi connectivity index (χ0) is 14.1. The largest absolute Gasteiger partial charge is 0.385 e. The Hall–Kier alpha value is -1.14. The summed E-state index contributed by atoms with van der Waals surface area (Å²) in [6.45, 7) is 1.06. The van der Waals surface area contributed by atoms with E-state index in [4.69, 9.17) is 4.52 Å². The first-order chi connectivity index (χ1) is 10.4. The summed E-state index contributed by atoms with van der Waals surface area (Å²) >= 11 is 3.90. The average molecular weight is 319 g/mol. The third-order valence-corrected chi connectivity index (χ3v) is 6.59. The van der Waals surface area contributed by atoms with Crippen molar-refractivity contribution in [2.45, 2.75) is 18.1 Å². The highest BCUT2D eigenvalue weighted by Gasteiger charge is 2.22. The van der Waals surface area contributed by atoms with Gasteiger partial charge >= 0.3 is 0 Å². The monoisotopic (exact) mass is 319 g/mol. The van der Waals surface area contributed by atoms with Gasteiger partial charge < -0.3 is 9.84 Å². The first-order valence-corrected chi connectivity index (χ1v) is 9.50. The molecule has 1 saturated heterocycles. The van der Waals surface area contributed by atoms with Crippen LogP contribution in [0.2, 0.25) is 0 Å². The molecule has 3 heterocycles. The molecular weight excluding hydrogens is 302 g/mol. The summed E-state index contributed by atoms with van der Waals surface area (Å²) in [7, 11) is 0. The number of hydrogen-bond donors (Lipinski definition) is 1. The maximum atomic E-state index is 5.49. The molecule has 2 aliphatic heterocycles. The third kappa shape index (κ3) is 2.79. The Balaban J connectivity index is 1.60. The summed E-state index contributed by atoms with van der Waals surface area (Å²) in [6.07, 6.45) is 2.30. The normalized spacial score (nSPS) is 21.6. The van der Waals surface area contributed by atoms with Crippen LogP contribution in [0.5, 0.6) is 0 Å². The molecule has 110 valence electrons. The number of aromatic nitrogens is 2. The topological polar surface area (TPSA) is 51.0 Å². The van der Waals surface area contributed by atoms with Crippen molar-refractivity contribution in [2.24, 2.45) is 0 Å². The van der Waals surface area contributed by atoms with E-state index in [9.17, 15) is 0 Å². The molecule has 0 amide bonds. The second kappa shape index (κ2) is 5.93. The highest BCUT2D eigenvalue weighted by Crippen LogP contribution is 2.36. The highest BCUT2D eigenvalue weighted by atomic mass is 32.2. The number of fused-ring (bicyclic) bond motifs is 1. The van der Waals surface area contributed by atoms with Gasteiger partial charge in [-0.25, -0.2) is 0 Å². The Kier molecular flexibility index (Phi) is 3.82. The maximum Gasteiger partial charge on any atom is 0.257 e. The molecule has 4 rings (SSSR count). The summed E-state index contributed by atoms with van der Waals surface area (Å²) in [6, 6.07) is 6.37. The predicted octanol–water partition coefficient (Wildman–Crippen LogP) is 3.62. The summed E-state index contributed by atoms with van der Waals surface area (Å²) in [5, 5.41) is 7.99. The lowest BCUT2D eigenvalue weighted by molar-refractivity contribution is 0.423. The van der Waals surface area contributed by atoms with Crippen molar-refractivity contribution >= 4 is 29.2 Å². The average Bonchev–Trinajstić information content (AvgIpc) is 3.05. The molecule has 0 aliphatic carbocycles. The first kappa shape index (κ1) is 13.5. The first-order valence-electron chi connectivity index (χ1n) is 7.30. The Bertz CT molecular complexity index is 638. The number of anilines is 1. The molecule has 21 heavy (non-hydrogen) atoms. The molecule has 0 saturated carbocycles. The second-order valence-corrected chi connectivity index (χ2v) is 7.75. The van der Waals surface area contributed by atoms with Crippen LogP contribution in [0.1, 0.15) is 23.1 Å². The van der Waals surface area contributed by atoms with E-state index in [1.165, 1.54) is 29.2 Å². The van der Waals surface area contributed by atoms with Crippen LogP contribution in [-0.4, -0.2) is 33.9 Å². The summed E-state index contributed by atoms with van der Waals surface area (Å²) in [5.41, 5.74) is 3.62. The van der Waals surface area contributed by atoms with Gasteiger partial charge in [0.25, 0.3) is 5.89 Å². The SMILES string of the molecule is c1cc2c(cc1-c1nc(C3CSCCS3)no1)CCCN2. The quantitative estimate of drug-likeness (QED) is 0.912. The van der Waals surface area contributed by atoms with Crippen LogP contribution in [0.4, 0.5) is 5.69 Å². The van der Waals surface area contributed by atoms with Crippen molar-refractivity contribution < 1.29 is 4.52 Å².